The highest BCUT2D eigenvalue weighted by Crippen LogP contribution is 2.44. The van der Waals surface area contributed by atoms with E-state index in [1.807, 2.05) is 0 Å². The Morgan fingerprint density at radius 2 is 1.81 bits per heavy atom. The van der Waals surface area contributed by atoms with Crippen LogP contribution < -0.4 is 4.74 Å². The normalized spacial score (nSPS) is 12.3. The molecular weight excluding hydrogens is 575 g/mol. The third kappa shape index (κ3) is 3.67. The van der Waals surface area contributed by atoms with Gasteiger partial charge in [0, 0.05) is 18.1 Å². The van der Waals surface area contributed by atoms with E-state index in [0.717, 1.165) is 20.3 Å². The molecule has 0 aliphatic heterocycles. The fourth-order valence-corrected chi connectivity index (χ4v) is 5.26. The van der Waals surface area contributed by atoms with Gasteiger partial charge in [-0.25, -0.2) is 0 Å². The van der Waals surface area contributed by atoms with Crippen LogP contribution in [0.5, 0.6) is 5.75 Å². The molecule has 0 fully saturated rings. The monoisotopic (exact) mass is 586 g/mol. The molecule has 0 radical (unpaired) electrons. The highest BCUT2D eigenvalue weighted by Gasteiger charge is 2.23. The Labute approximate surface area is 164 Å². The lowest BCUT2D eigenvalue weighted by atomic mass is 9.97. The van der Waals surface area contributed by atoms with E-state index in [9.17, 15) is 0 Å². The van der Waals surface area contributed by atoms with Gasteiger partial charge in [-0.05, 0) is 77.4 Å². The standard InChI is InChI=1S/C16H14Br3IO/c1-8-6-12(18)9(2)14(16(8)21-3)15(19)11-7-10(17)4-5-13(11)20/h4-7,15H,1-3H3. The van der Waals surface area contributed by atoms with Crippen LogP contribution in [-0.2, 0) is 0 Å². The maximum atomic E-state index is 5.66. The molecule has 0 heterocycles. The van der Waals surface area contributed by atoms with Gasteiger partial charge in [0.2, 0.25) is 0 Å². The van der Waals surface area contributed by atoms with Crippen LogP contribution in [-0.4, -0.2) is 7.11 Å². The Hall–Kier alpha value is 0.410. The molecule has 1 atom stereocenters. The zero-order chi connectivity index (χ0) is 15.7. The predicted molar refractivity (Wildman–Crippen MR) is 108 cm³/mol. The van der Waals surface area contributed by atoms with E-state index in [1.54, 1.807) is 7.11 Å². The van der Waals surface area contributed by atoms with Crippen molar-refractivity contribution in [3.8, 4) is 5.75 Å². The largest absolute Gasteiger partial charge is 0.496 e. The van der Waals surface area contributed by atoms with Crippen molar-refractivity contribution in [2.75, 3.05) is 7.11 Å². The summed E-state index contributed by atoms with van der Waals surface area (Å²) in [7, 11) is 1.73. The van der Waals surface area contributed by atoms with Crippen LogP contribution >= 0.6 is 70.4 Å². The molecule has 1 nitrogen and oxygen atoms in total. The lowest BCUT2D eigenvalue weighted by Gasteiger charge is -2.21. The summed E-state index contributed by atoms with van der Waals surface area (Å²) in [5, 5.41) is 0. The molecule has 1 unspecified atom stereocenters. The number of ether oxygens (including phenoxy) is 1. The second kappa shape index (κ2) is 7.32. The second-order valence-corrected chi connectivity index (χ2v) is 8.62. The summed E-state index contributed by atoms with van der Waals surface area (Å²) in [5.41, 5.74) is 4.71. The van der Waals surface area contributed by atoms with Gasteiger partial charge in [0.1, 0.15) is 5.75 Å². The SMILES string of the molecule is COc1c(C)cc(Br)c(C)c1C(Br)c1cc(Br)ccc1I. The predicted octanol–water partition coefficient (Wildman–Crippen LogP) is 6.93. The summed E-state index contributed by atoms with van der Waals surface area (Å²) in [4.78, 5) is 0.0769. The van der Waals surface area contributed by atoms with Gasteiger partial charge in [0.25, 0.3) is 0 Å². The lowest BCUT2D eigenvalue weighted by molar-refractivity contribution is 0.406. The fourth-order valence-electron chi connectivity index (χ4n) is 2.32. The number of halogens is 4. The highest BCUT2D eigenvalue weighted by atomic mass is 127. The van der Waals surface area contributed by atoms with Gasteiger partial charge in [0.15, 0.2) is 0 Å². The van der Waals surface area contributed by atoms with E-state index in [1.165, 1.54) is 20.3 Å². The average molecular weight is 589 g/mol. The number of hydrogen-bond donors (Lipinski definition) is 0. The number of methoxy groups -OCH3 is 1. The van der Waals surface area contributed by atoms with E-state index in [4.69, 9.17) is 4.74 Å². The number of hydrogen-bond acceptors (Lipinski definition) is 1. The van der Waals surface area contributed by atoms with Crippen molar-refractivity contribution in [3.63, 3.8) is 0 Å². The minimum atomic E-state index is 0.0769. The zero-order valence-electron chi connectivity index (χ0n) is 11.8. The van der Waals surface area contributed by atoms with Gasteiger partial charge < -0.3 is 4.74 Å². The quantitative estimate of drug-likeness (QED) is 0.279. The molecule has 0 saturated carbocycles. The summed E-state index contributed by atoms with van der Waals surface area (Å²) in [5.74, 6) is 0.938. The molecule has 0 bridgehead atoms. The van der Waals surface area contributed by atoms with E-state index < -0.39 is 0 Å². The van der Waals surface area contributed by atoms with E-state index in [-0.39, 0.29) is 4.83 Å². The molecular formula is C16H14Br3IO. The maximum Gasteiger partial charge on any atom is 0.126 e. The first-order valence-corrected chi connectivity index (χ1v) is 9.87. The lowest BCUT2D eigenvalue weighted by Crippen LogP contribution is -2.04. The molecule has 2 rings (SSSR count). The summed E-state index contributed by atoms with van der Waals surface area (Å²) in [6.07, 6.45) is 0. The molecule has 2 aromatic rings. The third-order valence-electron chi connectivity index (χ3n) is 3.40. The van der Waals surface area contributed by atoms with Gasteiger partial charge in [-0.15, -0.1) is 0 Å². The molecule has 0 N–H and O–H groups in total. The highest BCUT2D eigenvalue weighted by molar-refractivity contribution is 14.1. The molecule has 0 amide bonds. The first-order chi connectivity index (χ1) is 9.86. The summed E-state index contributed by atoms with van der Waals surface area (Å²) < 4.78 is 9.06. The first kappa shape index (κ1) is 17.8. The molecule has 0 saturated heterocycles. The Kier molecular flexibility index (Phi) is 6.19. The van der Waals surface area contributed by atoms with Gasteiger partial charge >= 0.3 is 0 Å². The third-order valence-corrected chi connectivity index (χ3v) is 6.65. The summed E-state index contributed by atoms with van der Waals surface area (Å²) in [6.45, 7) is 4.18. The van der Waals surface area contributed by atoms with Crippen LogP contribution in [0.2, 0.25) is 0 Å². The number of alkyl halides is 1. The minimum absolute atomic E-state index is 0.0769. The molecule has 112 valence electrons. The molecule has 0 aromatic heterocycles. The van der Waals surface area contributed by atoms with Crippen molar-refractivity contribution in [1.29, 1.82) is 0 Å². The zero-order valence-corrected chi connectivity index (χ0v) is 18.7. The van der Waals surface area contributed by atoms with Crippen molar-refractivity contribution in [3.05, 3.63) is 59.0 Å². The van der Waals surface area contributed by atoms with Crippen LogP contribution in [0.1, 0.15) is 27.1 Å². The topological polar surface area (TPSA) is 9.23 Å². The number of rotatable bonds is 3. The van der Waals surface area contributed by atoms with E-state index in [0.29, 0.717) is 0 Å². The molecule has 0 aliphatic rings. The van der Waals surface area contributed by atoms with Crippen molar-refractivity contribution in [2.24, 2.45) is 0 Å². The van der Waals surface area contributed by atoms with E-state index >= 15 is 0 Å². The maximum absolute atomic E-state index is 5.66. The van der Waals surface area contributed by atoms with Gasteiger partial charge in [-0.2, -0.15) is 0 Å². The smallest absolute Gasteiger partial charge is 0.126 e. The molecule has 2 aromatic carbocycles. The van der Waals surface area contributed by atoms with Crippen LogP contribution in [0.15, 0.2) is 33.2 Å². The molecule has 5 heteroatoms. The van der Waals surface area contributed by atoms with Crippen molar-refractivity contribution >= 4 is 70.4 Å². The number of benzene rings is 2. The van der Waals surface area contributed by atoms with Crippen LogP contribution in [0.25, 0.3) is 0 Å². The van der Waals surface area contributed by atoms with Crippen molar-refractivity contribution < 1.29 is 4.74 Å². The van der Waals surface area contributed by atoms with Gasteiger partial charge in [-0.3, -0.25) is 0 Å². The van der Waals surface area contributed by atoms with Crippen molar-refractivity contribution in [2.45, 2.75) is 18.7 Å². The Bertz CT molecular complexity index is 686. The van der Waals surface area contributed by atoms with Crippen molar-refractivity contribution in [1.82, 2.24) is 0 Å². The average Bonchev–Trinajstić information content (AvgIpc) is 2.44. The Balaban J connectivity index is 2.68. The first-order valence-electron chi connectivity index (χ1n) is 6.29. The summed E-state index contributed by atoms with van der Waals surface area (Å²) >= 11 is 13.4. The Morgan fingerprint density at radius 3 is 2.43 bits per heavy atom. The minimum Gasteiger partial charge on any atom is -0.496 e. The van der Waals surface area contributed by atoms with Gasteiger partial charge in [0.05, 0.1) is 11.9 Å². The molecule has 21 heavy (non-hydrogen) atoms. The number of aryl methyl sites for hydroxylation is 1. The van der Waals surface area contributed by atoms with Crippen LogP contribution in [0, 0.1) is 17.4 Å². The fraction of sp³-hybridized carbons (Fsp3) is 0.250. The van der Waals surface area contributed by atoms with Gasteiger partial charge in [-0.1, -0.05) is 47.8 Å². The Morgan fingerprint density at radius 1 is 1.14 bits per heavy atom. The van der Waals surface area contributed by atoms with Crippen LogP contribution in [0.4, 0.5) is 0 Å². The van der Waals surface area contributed by atoms with Crippen LogP contribution in [0.3, 0.4) is 0 Å². The molecule has 0 aliphatic carbocycles. The summed E-state index contributed by atoms with van der Waals surface area (Å²) in [6, 6.07) is 8.42. The second-order valence-electron chi connectivity index (χ2n) is 4.78. The van der Waals surface area contributed by atoms with E-state index in [2.05, 4.69) is 108 Å². The molecule has 0 spiro atoms.